The molecular formula is C7H12N2O3S. The number of amides is 1. The molecule has 1 rings (SSSR count). The van der Waals surface area contributed by atoms with E-state index in [2.05, 4.69) is 4.74 Å². The van der Waals surface area contributed by atoms with Gasteiger partial charge in [0.15, 0.2) is 0 Å². The van der Waals surface area contributed by atoms with Gasteiger partial charge in [-0.2, -0.15) is 0 Å². The highest BCUT2D eigenvalue weighted by Crippen LogP contribution is 2.21. The molecule has 74 valence electrons. The number of carbonyl (C=O) groups is 2. The van der Waals surface area contributed by atoms with Crippen molar-refractivity contribution in [3.63, 3.8) is 0 Å². The maximum Gasteiger partial charge on any atom is 0.329 e. The summed E-state index contributed by atoms with van der Waals surface area (Å²) in [6, 6.07) is -0.453. The number of hydrogen-bond donors (Lipinski definition) is 1. The Balaban J connectivity index is 2.63. The molecule has 0 spiro atoms. The summed E-state index contributed by atoms with van der Waals surface area (Å²) in [4.78, 5) is 23.9. The molecule has 0 bridgehead atoms. The van der Waals surface area contributed by atoms with Gasteiger partial charge in [-0.1, -0.05) is 0 Å². The van der Waals surface area contributed by atoms with Crippen LogP contribution in [0.25, 0.3) is 0 Å². The monoisotopic (exact) mass is 204 g/mol. The van der Waals surface area contributed by atoms with Gasteiger partial charge in [0.1, 0.15) is 6.04 Å². The van der Waals surface area contributed by atoms with Crippen LogP contribution in [-0.4, -0.2) is 48.1 Å². The molecule has 0 aromatic carbocycles. The normalized spacial score (nSPS) is 21.7. The molecule has 0 radical (unpaired) electrons. The fourth-order valence-electron chi connectivity index (χ4n) is 1.14. The Morgan fingerprint density at radius 2 is 2.38 bits per heavy atom. The van der Waals surface area contributed by atoms with Gasteiger partial charge in [-0.05, 0) is 0 Å². The quantitative estimate of drug-likeness (QED) is 0.585. The highest BCUT2D eigenvalue weighted by molar-refractivity contribution is 7.99. The second kappa shape index (κ2) is 4.48. The fraction of sp³-hybridized carbons (Fsp3) is 0.714. The van der Waals surface area contributed by atoms with Crippen molar-refractivity contribution in [3.05, 3.63) is 0 Å². The molecule has 13 heavy (non-hydrogen) atoms. The van der Waals surface area contributed by atoms with Gasteiger partial charge >= 0.3 is 5.97 Å². The van der Waals surface area contributed by atoms with Crippen LogP contribution in [0.2, 0.25) is 0 Å². The van der Waals surface area contributed by atoms with Gasteiger partial charge in [0.25, 0.3) is 0 Å². The zero-order valence-corrected chi connectivity index (χ0v) is 8.17. The largest absolute Gasteiger partial charge is 0.467 e. The number of rotatable bonds is 2. The summed E-state index contributed by atoms with van der Waals surface area (Å²) in [6.45, 7) is -0.0615. The van der Waals surface area contributed by atoms with E-state index < -0.39 is 6.04 Å². The summed E-state index contributed by atoms with van der Waals surface area (Å²) in [6.07, 6.45) is 0. The molecule has 6 heteroatoms. The van der Waals surface area contributed by atoms with E-state index in [4.69, 9.17) is 5.73 Å². The molecule has 2 N–H and O–H groups in total. The molecule has 0 saturated carbocycles. The van der Waals surface area contributed by atoms with E-state index in [1.807, 2.05) is 0 Å². The third kappa shape index (κ3) is 2.13. The maximum absolute atomic E-state index is 11.2. The Labute approximate surface area is 80.6 Å². The molecule has 0 aliphatic carbocycles. The van der Waals surface area contributed by atoms with Crippen molar-refractivity contribution in [2.45, 2.75) is 6.04 Å². The van der Waals surface area contributed by atoms with Gasteiger partial charge in [-0.25, -0.2) is 4.79 Å². The van der Waals surface area contributed by atoms with Gasteiger partial charge in [-0.3, -0.25) is 4.79 Å². The molecule has 0 aromatic heterocycles. The molecule has 0 aromatic rings. The fourth-order valence-corrected chi connectivity index (χ4v) is 2.30. The van der Waals surface area contributed by atoms with Crippen LogP contribution in [0.5, 0.6) is 0 Å². The minimum Gasteiger partial charge on any atom is -0.467 e. The van der Waals surface area contributed by atoms with Crippen molar-refractivity contribution in [2.24, 2.45) is 5.73 Å². The third-order valence-electron chi connectivity index (χ3n) is 1.85. The zero-order chi connectivity index (χ0) is 9.84. The van der Waals surface area contributed by atoms with E-state index in [1.165, 1.54) is 23.8 Å². The number of carbonyl (C=O) groups excluding carboxylic acids is 2. The Kier molecular flexibility index (Phi) is 3.56. The zero-order valence-electron chi connectivity index (χ0n) is 7.36. The lowest BCUT2D eigenvalue weighted by Crippen LogP contribution is -2.44. The van der Waals surface area contributed by atoms with Crippen LogP contribution in [0.4, 0.5) is 0 Å². The van der Waals surface area contributed by atoms with Gasteiger partial charge in [0.05, 0.1) is 19.5 Å². The van der Waals surface area contributed by atoms with Crippen molar-refractivity contribution in [1.82, 2.24) is 4.90 Å². The average molecular weight is 204 g/mol. The van der Waals surface area contributed by atoms with Crippen molar-refractivity contribution < 1.29 is 14.3 Å². The topological polar surface area (TPSA) is 72.6 Å². The average Bonchev–Trinajstić information content (AvgIpc) is 2.63. The molecule has 1 amide bonds. The molecule has 1 aliphatic rings. The van der Waals surface area contributed by atoms with Crippen LogP contribution >= 0.6 is 11.8 Å². The molecule has 0 unspecified atom stereocenters. The van der Waals surface area contributed by atoms with Crippen LogP contribution in [0.1, 0.15) is 0 Å². The van der Waals surface area contributed by atoms with Crippen LogP contribution in [-0.2, 0) is 14.3 Å². The highest BCUT2D eigenvalue weighted by Gasteiger charge is 2.34. The third-order valence-corrected chi connectivity index (χ3v) is 2.86. The lowest BCUT2D eigenvalue weighted by atomic mass is 10.3. The van der Waals surface area contributed by atoms with Crippen LogP contribution < -0.4 is 5.73 Å². The Morgan fingerprint density at radius 1 is 1.69 bits per heavy atom. The van der Waals surface area contributed by atoms with Gasteiger partial charge < -0.3 is 15.4 Å². The molecule has 1 heterocycles. The predicted octanol–water partition coefficient (Wildman–Crippen LogP) is -0.980. The number of thioether (sulfide) groups is 1. The van der Waals surface area contributed by atoms with Gasteiger partial charge in [0, 0.05) is 5.75 Å². The first-order chi connectivity index (χ1) is 6.20. The summed E-state index contributed by atoms with van der Waals surface area (Å²) in [5.41, 5.74) is 5.20. The second-order valence-electron chi connectivity index (χ2n) is 2.61. The van der Waals surface area contributed by atoms with E-state index >= 15 is 0 Å². The molecule has 1 saturated heterocycles. The van der Waals surface area contributed by atoms with Crippen molar-refractivity contribution in [3.8, 4) is 0 Å². The first-order valence-electron chi connectivity index (χ1n) is 3.85. The molecule has 1 fully saturated rings. The molecule has 5 nitrogen and oxygen atoms in total. The smallest absolute Gasteiger partial charge is 0.329 e. The second-order valence-corrected chi connectivity index (χ2v) is 3.61. The number of ether oxygens (including phenoxy) is 1. The maximum atomic E-state index is 11.2. The Bertz CT molecular complexity index is 200. The van der Waals surface area contributed by atoms with Crippen molar-refractivity contribution in [2.75, 3.05) is 25.3 Å². The summed E-state index contributed by atoms with van der Waals surface area (Å²) in [5, 5.41) is 0. The number of hydrogen-bond acceptors (Lipinski definition) is 5. The first kappa shape index (κ1) is 10.3. The lowest BCUT2D eigenvalue weighted by Gasteiger charge is -2.20. The lowest BCUT2D eigenvalue weighted by molar-refractivity contribution is -0.150. The van der Waals surface area contributed by atoms with Crippen molar-refractivity contribution >= 4 is 23.6 Å². The van der Waals surface area contributed by atoms with Crippen LogP contribution in [0.15, 0.2) is 0 Å². The van der Waals surface area contributed by atoms with E-state index in [-0.39, 0.29) is 18.4 Å². The van der Waals surface area contributed by atoms with E-state index in [1.54, 1.807) is 0 Å². The molecular weight excluding hydrogens is 192 g/mol. The number of nitrogens with two attached hydrogens (primary N) is 1. The minimum absolute atomic E-state index is 0.0615. The summed E-state index contributed by atoms with van der Waals surface area (Å²) >= 11 is 1.53. The summed E-state index contributed by atoms with van der Waals surface area (Å²) in [5.74, 6) is 0.543. The van der Waals surface area contributed by atoms with E-state index in [0.717, 1.165) is 0 Å². The summed E-state index contributed by atoms with van der Waals surface area (Å²) < 4.78 is 4.57. The summed E-state index contributed by atoms with van der Waals surface area (Å²) in [7, 11) is 1.32. The predicted molar refractivity (Wildman–Crippen MR) is 49.0 cm³/mol. The SMILES string of the molecule is COC(=O)[C@H]1CSCN1C(=O)CN. The molecule has 1 aliphatic heterocycles. The number of nitrogens with zero attached hydrogens (tertiary/aromatic N) is 1. The standard InChI is InChI=1S/C7H12N2O3S/c1-12-7(11)5-3-13-4-9(5)6(10)2-8/h5H,2-4,8H2,1H3/t5-/m1/s1. The number of esters is 1. The number of methoxy groups -OCH3 is 1. The van der Waals surface area contributed by atoms with E-state index in [9.17, 15) is 9.59 Å². The van der Waals surface area contributed by atoms with Crippen LogP contribution in [0.3, 0.4) is 0 Å². The van der Waals surface area contributed by atoms with E-state index in [0.29, 0.717) is 11.6 Å². The van der Waals surface area contributed by atoms with Crippen LogP contribution in [0, 0.1) is 0 Å². The molecule has 1 atom stereocenters. The Hall–Kier alpha value is -0.750. The van der Waals surface area contributed by atoms with Gasteiger partial charge in [0.2, 0.25) is 5.91 Å². The minimum atomic E-state index is -0.453. The first-order valence-corrected chi connectivity index (χ1v) is 5.01. The van der Waals surface area contributed by atoms with Crippen molar-refractivity contribution in [1.29, 1.82) is 0 Å². The highest BCUT2D eigenvalue weighted by atomic mass is 32.2. The van der Waals surface area contributed by atoms with Gasteiger partial charge in [-0.15, -0.1) is 11.8 Å². The Morgan fingerprint density at radius 3 is 2.92 bits per heavy atom.